The third-order valence-electron chi connectivity index (χ3n) is 4.35. The molecule has 0 bridgehead atoms. The lowest BCUT2D eigenvalue weighted by molar-refractivity contribution is 0.353. The van der Waals surface area contributed by atoms with Crippen LogP contribution in [0.4, 0.5) is 0 Å². The zero-order chi connectivity index (χ0) is 15.0. The lowest BCUT2D eigenvalue weighted by atomic mass is 10.0. The minimum Gasteiger partial charge on any atom is -0.493 e. The van der Waals surface area contributed by atoms with Crippen molar-refractivity contribution in [2.75, 3.05) is 40.4 Å². The normalized spacial score (nSPS) is 25.8. The number of hydrogen-bond acceptors (Lipinski definition) is 5. The Hall–Kier alpha value is -1.31. The molecule has 2 saturated heterocycles. The number of benzene rings is 1. The molecule has 21 heavy (non-hydrogen) atoms. The first-order valence-electron chi connectivity index (χ1n) is 6.99. The summed E-state index contributed by atoms with van der Waals surface area (Å²) >= 11 is 0. The maximum Gasteiger partial charge on any atom is 0.243 e. The van der Waals surface area contributed by atoms with Gasteiger partial charge >= 0.3 is 0 Å². The molecule has 1 aromatic carbocycles. The molecule has 0 amide bonds. The quantitative estimate of drug-likeness (QED) is 0.879. The van der Waals surface area contributed by atoms with Crippen LogP contribution in [0.1, 0.15) is 0 Å². The van der Waals surface area contributed by atoms with Gasteiger partial charge < -0.3 is 14.8 Å². The molecule has 6 nitrogen and oxygen atoms in total. The Balaban J connectivity index is 1.88. The smallest absolute Gasteiger partial charge is 0.243 e. The number of ether oxygens (including phenoxy) is 2. The second-order valence-electron chi connectivity index (χ2n) is 5.52. The maximum absolute atomic E-state index is 12.7. The molecular weight excluding hydrogens is 292 g/mol. The Kier molecular flexibility index (Phi) is 3.81. The fourth-order valence-corrected chi connectivity index (χ4v) is 4.70. The zero-order valence-corrected chi connectivity index (χ0v) is 13.0. The van der Waals surface area contributed by atoms with Crippen LogP contribution in [0.15, 0.2) is 23.1 Å². The average Bonchev–Trinajstić information content (AvgIpc) is 3.07. The first-order valence-corrected chi connectivity index (χ1v) is 8.43. The fraction of sp³-hybridized carbons (Fsp3) is 0.571. The fourth-order valence-electron chi connectivity index (χ4n) is 3.13. The van der Waals surface area contributed by atoms with E-state index in [1.807, 2.05) is 0 Å². The molecule has 0 spiro atoms. The van der Waals surface area contributed by atoms with E-state index in [9.17, 15) is 8.42 Å². The minimum atomic E-state index is -3.47. The van der Waals surface area contributed by atoms with E-state index in [1.54, 1.807) is 16.4 Å². The molecule has 2 heterocycles. The van der Waals surface area contributed by atoms with Gasteiger partial charge in [-0.3, -0.25) is 0 Å². The van der Waals surface area contributed by atoms with E-state index in [2.05, 4.69) is 5.32 Å². The Morgan fingerprint density at radius 2 is 1.71 bits per heavy atom. The summed E-state index contributed by atoms with van der Waals surface area (Å²) in [6.07, 6.45) is 0. The van der Waals surface area contributed by atoms with Gasteiger partial charge in [0.1, 0.15) is 0 Å². The molecule has 7 heteroatoms. The van der Waals surface area contributed by atoms with Gasteiger partial charge in [-0.2, -0.15) is 4.31 Å². The van der Waals surface area contributed by atoms with Crippen molar-refractivity contribution in [2.24, 2.45) is 11.8 Å². The van der Waals surface area contributed by atoms with Crippen molar-refractivity contribution in [1.29, 1.82) is 0 Å². The molecule has 2 atom stereocenters. The summed E-state index contributed by atoms with van der Waals surface area (Å²) in [6, 6.07) is 4.73. The van der Waals surface area contributed by atoms with Crippen LogP contribution in [0.5, 0.6) is 11.5 Å². The van der Waals surface area contributed by atoms with Crippen molar-refractivity contribution in [3.63, 3.8) is 0 Å². The zero-order valence-electron chi connectivity index (χ0n) is 12.2. The van der Waals surface area contributed by atoms with Crippen LogP contribution in [0.2, 0.25) is 0 Å². The molecular formula is C14H20N2O4S. The third kappa shape index (κ3) is 2.49. The van der Waals surface area contributed by atoms with E-state index in [0.29, 0.717) is 36.4 Å². The number of methoxy groups -OCH3 is 2. The number of sulfonamides is 1. The molecule has 2 fully saturated rings. The van der Waals surface area contributed by atoms with E-state index in [4.69, 9.17) is 9.47 Å². The van der Waals surface area contributed by atoms with E-state index in [1.165, 1.54) is 20.3 Å². The Morgan fingerprint density at radius 3 is 2.29 bits per heavy atom. The number of nitrogens with one attached hydrogen (secondary N) is 1. The van der Waals surface area contributed by atoms with Crippen LogP contribution in [0.3, 0.4) is 0 Å². The van der Waals surface area contributed by atoms with Crippen LogP contribution in [0.25, 0.3) is 0 Å². The Bertz CT molecular complexity index is 620. The van der Waals surface area contributed by atoms with Gasteiger partial charge in [-0.15, -0.1) is 0 Å². The molecule has 2 aliphatic rings. The van der Waals surface area contributed by atoms with Crippen molar-refractivity contribution in [3.8, 4) is 11.5 Å². The van der Waals surface area contributed by atoms with Gasteiger partial charge in [0.25, 0.3) is 0 Å². The first-order chi connectivity index (χ1) is 10.1. The molecule has 0 unspecified atom stereocenters. The van der Waals surface area contributed by atoms with Gasteiger partial charge in [-0.05, 0) is 37.1 Å². The van der Waals surface area contributed by atoms with Crippen LogP contribution in [0, 0.1) is 11.8 Å². The summed E-state index contributed by atoms with van der Waals surface area (Å²) in [4.78, 5) is 0.257. The molecule has 1 N–H and O–H groups in total. The van der Waals surface area contributed by atoms with Gasteiger partial charge in [0.15, 0.2) is 11.5 Å². The van der Waals surface area contributed by atoms with Crippen molar-refractivity contribution in [2.45, 2.75) is 4.90 Å². The molecule has 2 aliphatic heterocycles. The second-order valence-corrected chi connectivity index (χ2v) is 7.46. The topological polar surface area (TPSA) is 67.9 Å². The van der Waals surface area contributed by atoms with E-state index < -0.39 is 10.0 Å². The molecule has 0 aliphatic carbocycles. The highest BCUT2D eigenvalue weighted by Crippen LogP contribution is 2.34. The summed E-state index contributed by atoms with van der Waals surface area (Å²) < 4.78 is 37.4. The molecule has 1 aromatic rings. The van der Waals surface area contributed by atoms with E-state index in [-0.39, 0.29) is 4.90 Å². The van der Waals surface area contributed by atoms with Crippen LogP contribution in [-0.4, -0.2) is 53.1 Å². The molecule has 116 valence electrons. The monoisotopic (exact) mass is 312 g/mol. The Labute approximate surface area is 125 Å². The number of hydrogen-bond donors (Lipinski definition) is 1. The lowest BCUT2D eigenvalue weighted by Gasteiger charge is -2.18. The standard InChI is InChI=1S/C14H20N2O4S/c1-19-13-4-3-12(5-14(13)20-2)21(17,18)16-8-10-6-15-7-11(10)9-16/h3-5,10-11,15H,6-9H2,1-2H3/t10-,11+. The summed E-state index contributed by atoms with van der Waals surface area (Å²) in [5, 5.41) is 3.31. The SMILES string of the molecule is COc1ccc(S(=O)(=O)N2C[C@H]3CNC[C@H]3C2)cc1OC. The van der Waals surface area contributed by atoms with E-state index >= 15 is 0 Å². The Morgan fingerprint density at radius 1 is 1.10 bits per heavy atom. The lowest BCUT2D eigenvalue weighted by Crippen LogP contribution is -2.31. The summed E-state index contributed by atoms with van der Waals surface area (Å²) in [5.74, 6) is 1.82. The van der Waals surface area contributed by atoms with Crippen molar-refractivity contribution in [1.82, 2.24) is 9.62 Å². The number of nitrogens with zero attached hydrogens (tertiary/aromatic N) is 1. The van der Waals surface area contributed by atoms with Gasteiger partial charge in [0.05, 0.1) is 19.1 Å². The predicted molar refractivity (Wildman–Crippen MR) is 78.2 cm³/mol. The van der Waals surface area contributed by atoms with Crippen molar-refractivity contribution >= 4 is 10.0 Å². The number of rotatable bonds is 4. The summed E-state index contributed by atoms with van der Waals surface area (Å²) in [6.45, 7) is 2.99. The first kappa shape index (κ1) is 14.6. The maximum atomic E-state index is 12.7. The minimum absolute atomic E-state index is 0.257. The van der Waals surface area contributed by atoms with Crippen LogP contribution < -0.4 is 14.8 Å². The molecule has 0 radical (unpaired) electrons. The molecule has 3 rings (SSSR count). The largest absolute Gasteiger partial charge is 0.493 e. The predicted octanol–water partition coefficient (Wildman–Crippen LogP) is 0.544. The van der Waals surface area contributed by atoms with Gasteiger partial charge in [-0.1, -0.05) is 0 Å². The van der Waals surface area contributed by atoms with Crippen molar-refractivity contribution in [3.05, 3.63) is 18.2 Å². The average molecular weight is 312 g/mol. The highest BCUT2D eigenvalue weighted by Gasteiger charge is 2.41. The second kappa shape index (κ2) is 5.47. The van der Waals surface area contributed by atoms with Crippen LogP contribution in [-0.2, 0) is 10.0 Å². The third-order valence-corrected chi connectivity index (χ3v) is 6.18. The highest BCUT2D eigenvalue weighted by atomic mass is 32.2. The van der Waals surface area contributed by atoms with Crippen LogP contribution >= 0.6 is 0 Å². The van der Waals surface area contributed by atoms with Crippen molar-refractivity contribution < 1.29 is 17.9 Å². The van der Waals surface area contributed by atoms with Gasteiger partial charge in [-0.25, -0.2) is 8.42 Å². The van der Waals surface area contributed by atoms with Gasteiger partial charge in [0.2, 0.25) is 10.0 Å². The summed E-state index contributed by atoms with van der Waals surface area (Å²) in [5.41, 5.74) is 0. The molecule has 0 saturated carbocycles. The van der Waals surface area contributed by atoms with E-state index in [0.717, 1.165) is 13.1 Å². The van der Waals surface area contributed by atoms with Gasteiger partial charge in [0, 0.05) is 19.2 Å². The highest BCUT2D eigenvalue weighted by molar-refractivity contribution is 7.89. The molecule has 0 aromatic heterocycles. The summed E-state index contributed by atoms with van der Waals surface area (Å²) in [7, 11) is -0.440. The number of fused-ring (bicyclic) bond motifs is 1.